The third kappa shape index (κ3) is 4.47. The van der Waals surface area contributed by atoms with Gasteiger partial charge in [0.15, 0.2) is 0 Å². The first kappa shape index (κ1) is 22.1. The lowest BCUT2D eigenvalue weighted by molar-refractivity contribution is -0.134. The Morgan fingerprint density at radius 1 is 0.935 bits per heavy atom. The lowest BCUT2D eigenvalue weighted by Crippen LogP contribution is -2.04. The number of aliphatic carboxylic acids is 1. The van der Waals surface area contributed by atoms with Gasteiger partial charge < -0.3 is 19.7 Å². The van der Waals surface area contributed by atoms with Gasteiger partial charge in [-0.3, -0.25) is 9.59 Å². The van der Waals surface area contributed by atoms with Crippen molar-refractivity contribution in [2.45, 2.75) is 6.92 Å². The molecule has 0 bridgehead atoms. The van der Waals surface area contributed by atoms with Gasteiger partial charge in [0.1, 0.15) is 17.1 Å². The van der Waals surface area contributed by atoms with Crippen LogP contribution >= 0.6 is 23.2 Å². The molecule has 0 aromatic heterocycles. The van der Waals surface area contributed by atoms with E-state index in [4.69, 9.17) is 37.5 Å². The van der Waals surface area contributed by atoms with Crippen molar-refractivity contribution in [1.82, 2.24) is 0 Å². The molecule has 1 aliphatic carbocycles. The van der Waals surface area contributed by atoms with Gasteiger partial charge >= 0.3 is 5.97 Å². The van der Waals surface area contributed by atoms with Crippen LogP contribution in [-0.2, 0) is 4.79 Å². The second kappa shape index (κ2) is 8.67. The Morgan fingerprint density at radius 2 is 1.58 bits per heavy atom. The maximum absolute atomic E-state index is 12.0. The Kier molecular flexibility index (Phi) is 6.19. The number of hydrogen-bond donors (Lipinski definition) is 3. The van der Waals surface area contributed by atoms with Gasteiger partial charge in [0, 0.05) is 35.6 Å². The lowest BCUT2D eigenvalue weighted by atomic mass is 9.91. The number of fused-ring (bicyclic) bond motifs is 2. The minimum Gasteiger partial charge on any atom is -0.506 e. The first-order valence-electron chi connectivity index (χ1n) is 8.71. The molecule has 0 unspecified atom stereocenters. The van der Waals surface area contributed by atoms with E-state index in [-0.39, 0.29) is 32.7 Å². The monoisotopic (exact) mass is 460 g/mol. The van der Waals surface area contributed by atoms with Crippen molar-refractivity contribution in [2.75, 3.05) is 0 Å². The zero-order valence-electron chi connectivity index (χ0n) is 15.8. The SMILES string of the molecule is CC(=O)O.O=C(O)c1ccccc1-c1c2cc(Cl)c(=O)cc-2oc2cc(O)c(Cl)cc12. The van der Waals surface area contributed by atoms with Crippen LogP contribution in [0.3, 0.4) is 0 Å². The van der Waals surface area contributed by atoms with E-state index in [0.717, 1.165) is 6.92 Å². The number of aromatic hydroxyl groups is 1. The summed E-state index contributed by atoms with van der Waals surface area (Å²) in [5.74, 6) is -1.92. The molecule has 0 fully saturated rings. The zero-order valence-corrected chi connectivity index (χ0v) is 17.4. The maximum Gasteiger partial charge on any atom is 0.336 e. The molecule has 2 aliphatic rings. The van der Waals surface area contributed by atoms with Crippen molar-refractivity contribution in [2.24, 2.45) is 0 Å². The number of phenols is 1. The maximum atomic E-state index is 12.0. The molecule has 31 heavy (non-hydrogen) atoms. The second-order valence-corrected chi connectivity index (χ2v) is 7.24. The molecule has 0 spiro atoms. The number of halogens is 2. The van der Waals surface area contributed by atoms with Crippen LogP contribution in [0.2, 0.25) is 10.0 Å². The number of phenolic OH excluding ortho intramolecular Hbond substituents is 1. The Labute approximate surface area is 185 Å². The van der Waals surface area contributed by atoms with Crippen molar-refractivity contribution in [3.63, 3.8) is 0 Å². The summed E-state index contributed by atoms with van der Waals surface area (Å²) < 4.78 is 5.76. The highest BCUT2D eigenvalue weighted by molar-refractivity contribution is 6.33. The summed E-state index contributed by atoms with van der Waals surface area (Å²) >= 11 is 12.1. The van der Waals surface area contributed by atoms with E-state index in [1.165, 1.54) is 30.3 Å². The highest BCUT2D eigenvalue weighted by Gasteiger charge is 2.23. The van der Waals surface area contributed by atoms with E-state index < -0.39 is 17.4 Å². The number of benzene rings is 3. The van der Waals surface area contributed by atoms with Gasteiger partial charge in [-0.2, -0.15) is 0 Å². The number of hydrogen-bond acceptors (Lipinski definition) is 5. The van der Waals surface area contributed by atoms with E-state index in [1.54, 1.807) is 18.2 Å². The number of carbonyl (C=O) groups is 2. The van der Waals surface area contributed by atoms with E-state index in [0.29, 0.717) is 22.1 Å². The summed E-state index contributed by atoms with van der Waals surface area (Å²) in [5.41, 5.74) is 1.25. The fraction of sp³-hybridized carbons (Fsp3) is 0.0455. The van der Waals surface area contributed by atoms with Gasteiger partial charge in [-0.1, -0.05) is 41.4 Å². The summed E-state index contributed by atoms with van der Waals surface area (Å²) in [4.78, 5) is 32.7. The average molecular weight is 461 g/mol. The Morgan fingerprint density at radius 3 is 2.23 bits per heavy atom. The minimum atomic E-state index is -1.11. The predicted octanol–water partition coefficient (Wildman–Crippen LogP) is 5.37. The molecule has 7 nitrogen and oxygen atoms in total. The normalized spacial score (nSPS) is 10.5. The number of carboxylic acids is 2. The summed E-state index contributed by atoms with van der Waals surface area (Å²) in [7, 11) is 0. The fourth-order valence-corrected chi connectivity index (χ4v) is 3.41. The molecule has 0 atom stereocenters. The summed E-state index contributed by atoms with van der Waals surface area (Å²) in [6, 6.07) is 11.9. The number of rotatable bonds is 2. The molecule has 2 aromatic carbocycles. The van der Waals surface area contributed by atoms with E-state index in [9.17, 15) is 19.8 Å². The topological polar surface area (TPSA) is 125 Å². The van der Waals surface area contributed by atoms with Gasteiger partial charge in [-0.05, 0) is 23.8 Å². The fourth-order valence-electron chi connectivity index (χ4n) is 3.08. The third-order valence-corrected chi connectivity index (χ3v) is 4.87. The molecule has 158 valence electrons. The Bertz CT molecular complexity index is 1350. The van der Waals surface area contributed by atoms with E-state index in [2.05, 4.69) is 0 Å². The standard InChI is InChI=1S/C20H10Cl2O5.C2H4O2/c21-13-5-11-17(7-15(13)23)27-18-8-16(24)14(22)6-12(18)19(11)9-3-1-2-4-10(9)20(25)26;1-2(3)4/h1-8,23H,(H,25,26);1H3,(H,3,4). The lowest BCUT2D eigenvalue weighted by Gasteiger charge is -2.17. The summed E-state index contributed by atoms with van der Waals surface area (Å²) in [6.45, 7) is 1.08. The molecule has 1 heterocycles. The van der Waals surface area contributed by atoms with Crippen LogP contribution in [0.15, 0.2) is 57.7 Å². The van der Waals surface area contributed by atoms with Crippen molar-refractivity contribution >= 4 is 46.1 Å². The summed E-state index contributed by atoms with van der Waals surface area (Å²) in [6.07, 6.45) is 0. The molecule has 0 saturated heterocycles. The van der Waals surface area contributed by atoms with E-state index in [1.807, 2.05) is 0 Å². The first-order chi connectivity index (χ1) is 14.6. The van der Waals surface area contributed by atoms with E-state index >= 15 is 0 Å². The molecule has 0 amide bonds. The van der Waals surface area contributed by atoms with Crippen LogP contribution in [0.25, 0.3) is 33.4 Å². The number of aromatic carboxylic acids is 1. The average Bonchev–Trinajstić information content (AvgIpc) is 2.68. The molecule has 2 aromatic rings. The van der Waals surface area contributed by atoms with Gasteiger partial charge in [0.25, 0.3) is 5.97 Å². The molecule has 1 aliphatic heterocycles. The van der Waals surface area contributed by atoms with Gasteiger partial charge in [0.2, 0.25) is 5.43 Å². The molecule has 0 radical (unpaired) electrons. The second-order valence-electron chi connectivity index (χ2n) is 6.43. The van der Waals surface area contributed by atoms with Crippen molar-refractivity contribution < 1.29 is 29.3 Å². The van der Waals surface area contributed by atoms with Gasteiger partial charge in [-0.15, -0.1) is 0 Å². The van der Waals surface area contributed by atoms with Crippen molar-refractivity contribution in [1.29, 1.82) is 0 Å². The Hall–Kier alpha value is -3.55. The highest BCUT2D eigenvalue weighted by atomic mass is 35.5. The Balaban J connectivity index is 0.000000628. The number of carboxylic acid groups (broad SMARTS) is 2. The molecule has 9 heteroatoms. The molecular formula is C22H14Cl2O7. The molecule has 3 N–H and O–H groups in total. The van der Waals surface area contributed by atoms with Crippen LogP contribution in [0.4, 0.5) is 0 Å². The zero-order chi connectivity index (χ0) is 22.9. The quantitative estimate of drug-likeness (QED) is 0.343. The van der Waals surface area contributed by atoms with Gasteiger partial charge in [0.05, 0.1) is 15.6 Å². The van der Waals surface area contributed by atoms with Crippen LogP contribution in [0, 0.1) is 0 Å². The van der Waals surface area contributed by atoms with Crippen molar-refractivity contribution in [3.05, 3.63) is 74.4 Å². The smallest absolute Gasteiger partial charge is 0.336 e. The van der Waals surface area contributed by atoms with Crippen LogP contribution < -0.4 is 5.43 Å². The van der Waals surface area contributed by atoms with Gasteiger partial charge in [-0.25, -0.2) is 4.79 Å². The first-order valence-corrected chi connectivity index (χ1v) is 9.46. The van der Waals surface area contributed by atoms with Crippen LogP contribution in [0.5, 0.6) is 5.75 Å². The van der Waals surface area contributed by atoms with Crippen molar-refractivity contribution in [3.8, 4) is 28.2 Å². The molecular weight excluding hydrogens is 447 g/mol. The molecule has 0 saturated carbocycles. The highest BCUT2D eigenvalue weighted by Crippen LogP contribution is 2.44. The van der Waals surface area contributed by atoms with Crippen LogP contribution in [0.1, 0.15) is 17.3 Å². The minimum absolute atomic E-state index is 0.0176. The van der Waals surface area contributed by atoms with Crippen LogP contribution in [-0.4, -0.2) is 27.3 Å². The third-order valence-electron chi connectivity index (χ3n) is 4.27. The predicted molar refractivity (Wildman–Crippen MR) is 116 cm³/mol. The molecule has 4 rings (SSSR count). The summed E-state index contributed by atoms with van der Waals surface area (Å²) in [5, 5.41) is 27.5. The largest absolute Gasteiger partial charge is 0.506 e.